The minimum absolute atomic E-state index is 0.144. The number of nitriles is 2. The zero-order valence-corrected chi connectivity index (χ0v) is 10.8. The molecule has 5 heteroatoms. The first-order valence-electron chi connectivity index (χ1n) is 5.68. The topological polar surface area (TPSA) is 90.7 Å². The lowest BCUT2D eigenvalue weighted by molar-refractivity contribution is -0.384. The highest BCUT2D eigenvalue weighted by Crippen LogP contribution is 2.10. The van der Waals surface area contributed by atoms with Gasteiger partial charge in [-0.2, -0.15) is 10.5 Å². The van der Waals surface area contributed by atoms with Crippen LogP contribution in [0.25, 0.3) is 0 Å². The highest BCUT2D eigenvalue weighted by atomic mass is 16.6. The highest BCUT2D eigenvalue weighted by Gasteiger charge is 2.00. The maximum absolute atomic E-state index is 10.1. The Labute approximate surface area is 116 Å². The molecule has 0 saturated carbocycles. The third kappa shape index (κ3) is 4.59. The Morgan fingerprint density at radius 3 is 1.90 bits per heavy atom. The molecule has 0 bridgehead atoms. The minimum atomic E-state index is -0.403. The first kappa shape index (κ1) is 14.9. The van der Waals surface area contributed by atoms with Crippen LogP contribution in [-0.2, 0) is 0 Å². The van der Waals surface area contributed by atoms with Gasteiger partial charge in [0.25, 0.3) is 5.69 Å². The largest absolute Gasteiger partial charge is 0.269 e. The van der Waals surface area contributed by atoms with Crippen molar-refractivity contribution in [1.82, 2.24) is 0 Å². The fraction of sp³-hybridized carbons (Fsp3) is 0.0667. The number of rotatable bonds is 1. The molecule has 0 radical (unpaired) electrons. The molecule has 0 fully saturated rings. The van der Waals surface area contributed by atoms with Gasteiger partial charge in [-0.25, -0.2) is 0 Å². The van der Waals surface area contributed by atoms with E-state index in [0.717, 1.165) is 5.56 Å². The molecule has 2 aromatic rings. The maximum atomic E-state index is 10.1. The van der Waals surface area contributed by atoms with Crippen LogP contribution in [0.5, 0.6) is 0 Å². The second kappa shape index (κ2) is 7.30. The molecule has 0 saturated heterocycles. The van der Waals surface area contributed by atoms with E-state index in [2.05, 4.69) is 0 Å². The Balaban J connectivity index is 0.000000200. The van der Waals surface area contributed by atoms with Crippen molar-refractivity contribution in [2.45, 2.75) is 6.92 Å². The summed E-state index contributed by atoms with van der Waals surface area (Å²) in [4.78, 5) is 9.71. The number of nitro groups is 1. The predicted molar refractivity (Wildman–Crippen MR) is 73.7 cm³/mol. The molecule has 0 N–H and O–H groups in total. The van der Waals surface area contributed by atoms with Gasteiger partial charge in [0.1, 0.15) is 0 Å². The smallest absolute Gasteiger partial charge is 0.258 e. The molecule has 2 aromatic carbocycles. The van der Waals surface area contributed by atoms with Crippen molar-refractivity contribution < 1.29 is 4.92 Å². The van der Waals surface area contributed by atoms with Crippen molar-refractivity contribution in [2.24, 2.45) is 0 Å². The van der Waals surface area contributed by atoms with Crippen molar-refractivity contribution in [3.05, 3.63) is 75.3 Å². The van der Waals surface area contributed by atoms with Crippen LogP contribution >= 0.6 is 0 Å². The van der Waals surface area contributed by atoms with Gasteiger partial charge in [0.15, 0.2) is 0 Å². The second-order valence-corrected chi connectivity index (χ2v) is 3.90. The Bertz CT molecular complexity index is 650. The van der Waals surface area contributed by atoms with Crippen molar-refractivity contribution in [3.8, 4) is 12.1 Å². The number of hydrogen-bond acceptors (Lipinski definition) is 4. The van der Waals surface area contributed by atoms with Gasteiger partial charge in [-0.1, -0.05) is 23.8 Å². The molecule has 0 atom stereocenters. The van der Waals surface area contributed by atoms with Crippen LogP contribution in [0.2, 0.25) is 0 Å². The van der Waals surface area contributed by atoms with Gasteiger partial charge in [-0.3, -0.25) is 10.1 Å². The fourth-order valence-corrected chi connectivity index (χ4v) is 1.32. The van der Waals surface area contributed by atoms with Crippen molar-refractivity contribution in [3.63, 3.8) is 0 Å². The van der Waals surface area contributed by atoms with Crippen LogP contribution in [0.1, 0.15) is 16.7 Å². The summed E-state index contributed by atoms with van der Waals surface area (Å²) in [7, 11) is 0. The van der Waals surface area contributed by atoms with Crippen molar-refractivity contribution >= 4 is 5.69 Å². The number of hydrogen-bond donors (Lipinski definition) is 0. The van der Waals surface area contributed by atoms with E-state index in [-0.39, 0.29) is 5.69 Å². The van der Waals surface area contributed by atoms with Gasteiger partial charge in [-0.05, 0) is 25.1 Å². The highest BCUT2D eigenvalue weighted by molar-refractivity contribution is 5.38. The van der Waals surface area contributed by atoms with Crippen LogP contribution in [0.15, 0.2) is 48.5 Å². The molecule has 0 amide bonds. The zero-order valence-electron chi connectivity index (χ0n) is 10.8. The SMILES string of the molecule is Cc1ccc([N+](=O)[O-])cc1.N#Cc1cccc(C#N)c1. The molecular formula is C15H11N3O2. The van der Waals surface area contributed by atoms with Gasteiger partial charge >= 0.3 is 0 Å². The van der Waals surface area contributed by atoms with E-state index in [0.29, 0.717) is 11.1 Å². The molecule has 2 rings (SSSR count). The Kier molecular flexibility index (Phi) is 5.43. The average molecular weight is 265 g/mol. The van der Waals surface area contributed by atoms with Gasteiger partial charge in [-0.15, -0.1) is 0 Å². The monoisotopic (exact) mass is 265 g/mol. The van der Waals surface area contributed by atoms with Crippen molar-refractivity contribution in [2.75, 3.05) is 0 Å². The number of aryl methyl sites for hydroxylation is 1. The van der Waals surface area contributed by atoms with Gasteiger partial charge < -0.3 is 0 Å². The fourth-order valence-electron chi connectivity index (χ4n) is 1.32. The summed E-state index contributed by atoms with van der Waals surface area (Å²) in [5.74, 6) is 0. The quantitative estimate of drug-likeness (QED) is 0.584. The molecule has 0 spiro atoms. The van der Waals surface area contributed by atoms with E-state index in [9.17, 15) is 10.1 Å². The van der Waals surface area contributed by atoms with Gasteiger partial charge in [0, 0.05) is 12.1 Å². The first-order valence-corrected chi connectivity index (χ1v) is 5.68. The molecule has 0 unspecified atom stereocenters. The number of non-ortho nitro benzene ring substituents is 1. The number of benzene rings is 2. The van der Waals surface area contributed by atoms with E-state index in [1.165, 1.54) is 12.1 Å². The molecule has 20 heavy (non-hydrogen) atoms. The van der Waals surface area contributed by atoms with Crippen molar-refractivity contribution in [1.29, 1.82) is 10.5 Å². The molecule has 0 aliphatic heterocycles. The van der Waals surface area contributed by atoms with E-state index in [4.69, 9.17) is 10.5 Å². The van der Waals surface area contributed by atoms with Gasteiger partial charge in [0.05, 0.1) is 28.2 Å². The Morgan fingerprint density at radius 1 is 1.00 bits per heavy atom. The molecule has 98 valence electrons. The second-order valence-electron chi connectivity index (χ2n) is 3.90. The molecular weight excluding hydrogens is 254 g/mol. The third-order valence-electron chi connectivity index (χ3n) is 2.37. The first-order chi connectivity index (χ1) is 9.56. The van der Waals surface area contributed by atoms with Crippen LogP contribution in [0.4, 0.5) is 5.69 Å². The van der Waals surface area contributed by atoms with Gasteiger partial charge in [0.2, 0.25) is 0 Å². The normalized spacial score (nSPS) is 8.55. The van der Waals surface area contributed by atoms with Crippen LogP contribution in [0.3, 0.4) is 0 Å². The summed E-state index contributed by atoms with van der Waals surface area (Å²) >= 11 is 0. The predicted octanol–water partition coefficient (Wildman–Crippen LogP) is 3.33. The third-order valence-corrected chi connectivity index (χ3v) is 2.37. The zero-order chi connectivity index (χ0) is 15.0. The summed E-state index contributed by atoms with van der Waals surface area (Å²) in [5, 5.41) is 26.9. The lowest BCUT2D eigenvalue weighted by atomic mass is 10.2. The van der Waals surface area contributed by atoms with Crippen LogP contribution in [0, 0.1) is 39.7 Å². The number of nitrogens with zero attached hydrogens (tertiary/aromatic N) is 3. The standard InChI is InChI=1S/C8H4N2.C7H7NO2/c9-5-7-2-1-3-8(4-7)6-10;1-6-2-4-7(5-3-6)8(9)10/h1-4H;2-5H,1H3. The molecule has 0 aliphatic rings. The van der Waals surface area contributed by atoms with Crippen LogP contribution in [-0.4, -0.2) is 4.92 Å². The summed E-state index contributed by atoms with van der Waals surface area (Å²) in [6.45, 7) is 1.89. The van der Waals surface area contributed by atoms with E-state index in [1.807, 2.05) is 19.1 Å². The van der Waals surface area contributed by atoms with E-state index < -0.39 is 4.92 Å². The lowest BCUT2D eigenvalue weighted by Crippen LogP contribution is -1.86. The Hall–Kier alpha value is -3.18. The summed E-state index contributed by atoms with van der Waals surface area (Å²) < 4.78 is 0. The van der Waals surface area contributed by atoms with E-state index in [1.54, 1.807) is 36.4 Å². The molecule has 0 heterocycles. The molecule has 0 aromatic heterocycles. The summed E-state index contributed by atoms with van der Waals surface area (Å²) in [6.07, 6.45) is 0. The van der Waals surface area contributed by atoms with Crippen LogP contribution < -0.4 is 0 Å². The number of nitro benzene ring substituents is 1. The average Bonchev–Trinajstić information content (AvgIpc) is 2.48. The molecule has 5 nitrogen and oxygen atoms in total. The maximum Gasteiger partial charge on any atom is 0.269 e. The molecule has 0 aliphatic carbocycles. The van der Waals surface area contributed by atoms with E-state index >= 15 is 0 Å². The Morgan fingerprint density at radius 2 is 1.50 bits per heavy atom. The summed E-state index contributed by atoms with van der Waals surface area (Å²) in [5.41, 5.74) is 2.23. The lowest BCUT2D eigenvalue weighted by Gasteiger charge is -1.90. The minimum Gasteiger partial charge on any atom is -0.258 e. The summed E-state index contributed by atoms with van der Waals surface area (Å²) in [6, 6.07) is 16.9.